The van der Waals surface area contributed by atoms with Crippen molar-refractivity contribution in [3.05, 3.63) is 53.2 Å². The Morgan fingerprint density at radius 1 is 1.13 bits per heavy atom. The molecule has 0 spiro atoms. The quantitative estimate of drug-likeness (QED) is 0.526. The van der Waals surface area contributed by atoms with Crippen LogP contribution in [0, 0.1) is 0 Å². The Kier molecular flexibility index (Phi) is 4.43. The normalized spacial score (nSPS) is 15.6. The van der Waals surface area contributed by atoms with Crippen LogP contribution in [0.3, 0.4) is 0 Å². The predicted molar refractivity (Wildman–Crippen MR) is 115 cm³/mol. The Bertz CT molecular complexity index is 1230. The Morgan fingerprint density at radius 3 is 2.70 bits per heavy atom. The van der Waals surface area contributed by atoms with Crippen molar-refractivity contribution in [1.29, 1.82) is 0 Å². The minimum absolute atomic E-state index is 0.241. The second-order valence-electron chi connectivity index (χ2n) is 8.73. The second-order valence-corrected chi connectivity index (χ2v) is 8.73. The lowest BCUT2D eigenvalue weighted by atomic mass is 9.87. The van der Waals surface area contributed by atoms with Crippen LogP contribution < -0.4 is 5.32 Å². The monoisotopic (exact) mass is 403 g/mol. The van der Waals surface area contributed by atoms with Gasteiger partial charge in [-0.25, -0.2) is 15.0 Å². The van der Waals surface area contributed by atoms with Crippen molar-refractivity contribution in [3.8, 4) is 0 Å². The van der Waals surface area contributed by atoms with Crippen LogP contribution in [0.15, 0.2) is 35.3 Å². The molecule has 7 nitrogen and oxygen atoms in total. The molecule has 4 aromatic rings. The van der Waals surface area contributed by atoms with Crippen molar-refractivity contribution in [2.45, 2.75) is 58.8 Å². The Labute approximate surface area is 174 Å². The number of hydrogen-bond donors (Lipinski definition) is 1. The van der Waals surface area contributed by atoms with Gasteiger partial charge < -0.3 is 14.5 Å². The number of fused-ring (bicyclic) bond motifs is 5. The van der Waals surface area contributed by atoms with Crippen LogP contribution in [-0.4, -0.2) is 25.5 Å². The van der Waals surface area contributed by atoms with E-state index in [9.17, 15) is 0 Å². The van der Waals surface area contributed by atoms with E-state index >= 15 is 0 Å². The van der Waals surface area contributed by atoms with Crippen LogP contribution in [-0.2, 0) is 24.3 Å². The first-order chi connectivity index (χ1) is 14.4. The zero-order valence-corrected chi connectivity index (χ0v) is 17.7. The number of pyridine rings is 2. The molecule has 0 radical (unpaired) electrons. The summed E-state index contributed by atoms with van der Waals surface area (Å²) in [5.41, 5.74) is 6.37. The summed E-state index contributed by atoms with van der Waals surface area (Å²) in [5, 5.41) is 4.36. The molecular formula is C23H25N5O2. The number of nitrogens with zero attached hydrogens (tertiary/aromatic N) is 4. The highest BCUT2D eigenvalue weighted by Crippen LogP contribution is 2.40. The van der Waals surface area contributed by atoms with E-state index in [-0.39, 0.29) is 11.5 Å². The smallest absolute Gasteiger partial charge is 0.229 e. The lowest BCUT2D eigenvalue weighted by molar-refractivity contribution is -0.0402. The largest absolute Gasteiger partial charge is 0.432 e. The fourth-order valence-electron chi connectivity index (χ4n) is 4.12. The second kappa shape index (κ2) is 7.02. The Morgan fingerprint density at radius 2 is 1.93 bits per heavy atom. The van der Waals surface area contributed by atoms with E-state index in [0.29, 0.717) is 30.3 Å². The summed E-state index contributed by atoms with van der Waals surface area (Å²) in [6.07, 6.45) is 5.93. The zero-order valence-electron chi connectivity index (χ0n) is 17.7. The summed E-state index contributed by atoms with van der Waals surface area (Å²) >= 11 is 0. The molecular weight excluding hydrogens is 378 g/mol. The average molecular weight is 403 g/mol. The van der Waals surface area contributed by atoms with Gasteiger partial charge in [0.1, 0.15) is 11.8 Å². The lowest BCUT2D eigenvalue weighted by Crippen LogP contribution is -2.33. The topological polar surface area (TPSA) is 86.0 Å². The van der Waals surface area contributed by atoms with Crippen molar-refractivity contribution >= 4 is 28.0 Å². The van der Waals surface area contributed by atoms with Crippen LogP contribution in [0.5, 0.6) is 0 Å². The van der Waals surface area contributed by atoms with Gasteiger partial charge in [0.05, 0.1) is 23.3 Å². The molecule has 0 saturated carbocycles. The third kappa shape index (κ3) is 3.19. The molecule has 0 fully saturated rings. The van der Waals surface area contributed by atoms with E-state index in [2.05, 4.69) is 48.0 Å². The molecule has 0 atom stereocenters. The third-order valence-electron chi connectivity index (χ3n) is 5.62. The molecule has 5 rings (SSSR count). The van der Waals surface area contributed by atoms with Gasteiger partial charge >= 0.3 is 0 Å². The molecule has 0 aliphatic carbocycles. The zero-order chi connectivity index (χ0) is 20.9. The molecule has 154 valence electrons. The number of rotatable bonds is 4. The number of nitrogens with one attached hydrogen (secondary N) is 1. The van der Waals surface area contributed by atoms with E-state index in [1.54, 1.807) is 18.7 Å². The van der Waals surface area contributed by atoms with Gasteiger partial charge in [0.2, 0.25) is 5.71 Å². The van der Waals surface area contributed by atoms with Crippen molar-refractivity contribution in [2.75, 3.05) is 5.32 Å². The molecule has 1 aliphatic heterocycles. The maximum Gasteiger partial charge on any atom is 0.229 e. The summed E-state index contributed by atoms with van der Waals surface area (Å²) in [5.74, 6) is 0.942. The lowest BCUT2D eigenvalue weighted by Gasteiger charge is -2.33. The van der Waals surface area contributed by atoms with Crippen LogP contribution in [0.25, 0.3) is 22.2 Å². The summed E-state index contributed by atoms with van der Waals surface area (Å²) in [6.45, 7) is 9.72. The minimum atomic E-state index is -0.241. The molecule has 7 heteroatoms. The van der Waals surface area contributed by atoms with E-state index in [0.717, 1.165) is 28.6 Å². The minimum Gasteiger partial charge on any atom is -0.432 e. The fraction of sp³-hybridized carbons (Fsp3) is 0.391. The first kappa shape index (κ1) is 18.9. The fourth-order valence-corrected chi connectivity index (χ4v) is 4.12. The summed E-state index contributed by atoms with van der Waals surface area (Å²) in [4.78, 5) is 18.0. The van der Waals surface area contributed by atoms with Crippen LogP contribution in [0.1, 0.15) is 56.0 Å². The predicted octanol–water partition coefficient (Wildman–Crippen LogP) is 4.75. The number of aromatic nitrogens is 4. The van der Waals surface area contributed by atoms with Crippen LogP contribution in [0.4, 0.5) is 5.82 Å². The molecule has 1 N–H and O–H groups in total. The molecule has 1 aliphatic rings. The molecule has 0 amide bonds. The van der Waals surface area contributed by atoms with Gasteiger partial charge in [-0.3, -0.25) is 4.98 Å². The number of anilines is 1. The van der Waals surface area contributed by atoms with E-state index < -0.39 is 0 Å². The summed E-state index contributed by atoms with van der Waals surface area (Å²) in [6, 6.07) is 3.94. The standard InChI is InChI=1S/C23H25N5O2/c1-13(2)18-16-11-29-23(3,4)9-15(16)17-19-20(30-22(17)28-18)21(27-12-26-19)25-10-14-5-7-24-8-6-14/h5-8,12-13H,9-11H2,1-4H3,(H,25,26,27). The third-order valence-corrected chi connectivity index (χ3v) is 5.62. The van der Waals surface area contributed by atoms with Gasteiger partial charge in [-0.15, -0.1) is 0 Å². The molecule has 4 aromatic heterocycles. The van der Waals surface area contributed by atoms with Crippen molar-refractivity contribution in [2.24, 2.45) is 0 Å². The number of furan rings is 1. The molecule has 0 saturated heterocycles. The summed E-state index contributed by atoms with van der Waals surface area (Å²) < 4.78 is 12.4. The van der Waals surface area contributed by atoms with E-state index in [1.807, 2.05) is 12.1 Å². The first-order valence-corrected chi connectivity index (χ1v) is 10.3. The molecule has 30 heavy (non-hydrogen) atoms. The van der Waals surface area contributed by atoms with Crippen LogP contribution in [0.2, 0.25) is 0 Å². The molecule has 0 aromatic carbocycles. The molecule has 5 heterocycles. The van der Waals surface area contributed by atoms with E-state index in [1.165, 1.54) is 11.1 Å². The average Bonchev–Trinajstić information content (AvgIpc) is 3.11. The van der Waals surface area contributed by atoms with Gasteiger partial charge in [-0.1, -0.05) is 13.8 Å². The number of hydrogen-bond acceptors (Lipinski definition) is 7. The number of ether oxygens (including phenoxy) is 1. The highest BCUT2D eigenvalue weighted by atomic mass is 16.5. The maximum absolute atomic E-state index is 6.25. The first-order valence-electron chi connectivity index (χ1n) is 10.3. The van der Waals surface area contributed by atoms with Gasteiger partial charge in [-0.2, -0.15) is 0 Å². The van der Waals surface area contributed by atoms with Gasteiger partial charge in [0, 0.05) is 30.9 Å². The Hall–Kier alpha value is -3.06. The van der Waals surface area contributed by atoms with Crippen molar-refractivity contribution in [1.82, 2.24) is 19.9 Å². The van der Waals surface area contributed by atoms with Crippen molar-refractivity contribution in [3.63, 3.8) is 0 Å². The highest BCUT2D eigenvalue weighted by Gasteiger charge is 2.32. The molecule has 0 unspecified atom stereocenters. The maximum atomic E-state index is 6.25. The van der Waals surface area contributed by atoms with Gasteiger partial charge in [0.25, 0.3) is 0 Å². The molecule has 0 bridgehead atoms. The highest BCUT2D eigenvalue weighted by molar-refractivity contribution is 6.06. The summed E-state index contributed by atoms with van der Waals surface area (Å²) in [7, 11) is 0. The Balaban J connectivity index is 1.67. The SMILES string of the molecule is CC(C)c1nc2oc3c(NCc4ccncc4)ncnc3c2c2c1COC(C)(C)C2. The van der Waals surface area contributed by atoms with E-state index in [4.69, 9.17) is 14.1 Å². The van der Waals surface area contributed by atoms with Gasteiger partial charge in [-0.05, 0) is 43.0 Å². The van der Waals surface area contributed by atoms with Crippen LogP contribution >= 0.6 is 0 Å². The van der Waals surface area contributed by atoms with Crippen molar-refractivity contribution < 1.29 is 9.15 Å². The van der Waals surface area contributed by atoms with Gasteiger partial charge in [0.15, 0.2) is 11.4 Å².